The van der Waals surface area contributed by atoms with Gasteiger partial charge in [0, 0.05) is 11.6 Å². The maximum atomic E-state index is 11.0. The average Bonchev–Trinajstić information content (AvgIpc) is 2.81. The molecule has 0 bridgehead atoms. The van der Waals surface area contributed by atoms with Crippen LogP contribution in [-0.2, 0) is 11.4 Å². The molecule has 0 aliphatic rings. The van der Waals surface area contributed by atoms with Crippen LogP contribution in [0.25, 0.3) is 5.70 Å². The maximum Gasteiger partial charge on any atom is 0.153 e. The molecule has 0 heterocycles. The van der Waals surface area contributed by atoms with Gasteiger partial charge in [0.2, 0.25) is 0 Å². The van der Waals surface area contributed by atoms with Crippen LogP contribution in [0.1, 0.15) is 21.5 Å². The first-order chi connectivity index (χ1) is 14.7. The topological polar surface area (TPSA) is 66.0 Å². The van der Waals surface area contributed by atoms with Gasteiger partial charge in [-0.3, -0.25) is 15.1 Å². The summed E-state index contributed by atoms with van der Waals surface area (Å²) < 4.78 is 16.7. The van der Waals surface area contributed by atoms with Gasteiger partial charge in [-0.2, -0.15) is 0 Å². The molecule has 30 heavy (non-hydrogen) atoms. The molecule has 0 aliphatic heterocycles. The molecule has 0 saturated heterocycles. The van der Waals surface area contributed by atoms with E-state index in [4.69, 9.17) is 19.0 Å². The first kappa shape index (κ1) is 21.0. The van der Waals surface area contributed by atoms with Crippen LogP contribution >= 0.6 is 0 Å². The van der Waals surface area contributed by atoms with Crippen LogP contribution in [0.5, 0.6) is 17.2 Å². The number of ether oxygens (including phenoxy) is 3. The largest absolute Gasteiger partial charge is 0.496 e. The Hall–Kier alpha value is -3.77. The van der Waals surface area contributed by atoms with E-state index in [1.165, 1.54) is 7.11 Å². The van der Waals surface area contributed by atoms with E-state index in [-0.39, 0.29) is 0 Å². The number of hydroxylamine groups is 1. The van der Waals surface area contributed by atoms with E-state index in [1.807, 2.05) is 54.6 Å². The predicted octanol–water partition coefficient (Wildman–Crippen LogP) is 4.62. The predicted molar refractivity (Wildman–Crippen MR) is 114 cm³/mol. The average molecular weight is 405 g/mol. The van der Waals surface area contributed by atoms with Gasteiger partial charge in [-0.05, 0) is 29.8 Å². The molecule has 0 aromatic heterocycles. The van der Waals surface area contributed by atoms with Gasteiger partial charge in [-0.1, -0.05) is 42.5 Å². The molecule has 0 fully saturated rings. The number of hydrogen-bond donors (Lipinski definition) is 1. The molecular formula is C24H23NO5. The second-order valence-corrected chi connectivity index (χ2v) is 6.28. The van der Waals surface area contributed by atoms with Gasteiger partial charge < -0.3 is 14.2 Å². The Bertz CT molecular complexity index is 984. The van der Waals surface area contributed by atoms with Crippen LogP contribution in [0.3, 0.4) is 0 Å². The number of benzene rings is 3. The first-order valence-corrected chi connectivity index (χ1v) is 9.29. The van der Waals surface area contributed by atoms with Crippen molar-refractivity contribution in [3.63, 3.8) is 0 Å². The lowest BCUT2D eigenvalue weighted by atomic mass is 10.2. The second-order valence-electron chi connectivity index (χ2n) is 6.28. The van der Waals surface area contributed by atoms with Crippen molar-refractivity contribution in [1.29, 1.82) is 0 Å². The molecule has 0 atom stereocenters. The van der Waals surface area contributed by atoms with Crippen molar-refractivity contribution >= 4 is 12.0 Å². The lowest BCUT2D eigenvalue weighted by Gasteiger charge is -2.11. The highest BCUT2D eigenvalue weighted by Gasteiger charge is 2.05. The Kier molecular flexibility index (Phi) is 7.46. The van der Waals surface area contributed by atoms with Crippen molar-refractivity contribution in [2.24, 2.45) is 0 Å². The Morgan fingerprint density at radius 3 is 2.33 bits per heavy atom. The molecule has 0 unspecified atom stereocenters. The molecule has 3 aromatic carbocycles. The number of carbonyl (C=O) groups is 1. The summed E-state index contributed by atoms with van der Waals surface area (Å²) in [6.07, 6.45) is 2.35. The standard InChI is InChI=1S/C24H23NO5/c1-27-24-14-22(13-10-20(24)15-26)29-16-18-8-11-21(12-9-18)30-17-23(25-28-2)19-6-4-3-5-7-19/h3-15,17,25H,16H2,1-2H3. The van der Waals surface area contributed by atoms with Crippen molar-refractivity contribution < 1.29 is 23.8 Å². The van der Waals surface area contributed by atoms with Crippen LogP contribution in [0.4, 0.5) is 0 Å². The Morgan fingerprint density at radius 1 is 0.933 bits per heavy atom. The molecule has 154 valence electrons. The third-order valence-electron chi connectivity index (χ3n) is 4.27. The number of aldehydes is 1. The zero-order valence-electron chi connectivity index (χ0n) is 16.8. The molecule has 0 radical (unpaired) electrons. The van der Waals surface area contributed by atoms with E-state index < -0.39 is 0 Å². The van der Waals surface area contributed by atoms with Gasteiger partial charge in [-0.25, -0.2) is 0 Å². The highest BCUT2D eigenvalue weighted by Crippen LogP contribution is 2.24. The summed E-state index contributed by atoms with van der Waals surface area (Å²) in [6, 6.07) is 22.4. The molecule has 1 N–H and O–H groups in total. The Labute approximate surface area is 175 Å². The van der Waals surface area contributed by atoms with E-state index in [0.29, 0.717) is 35.1 Å². The molecule has 3 rings (SSSR count). The highest BCUT2D eigenvalue weighted by molar-refractivity contribution is 5.79. The SMILES string of the molecule is CONC(=COc1ccc(COc2ccc(C=O)c(OC)c2)cc1)c1ccccc1. The third-order valence-corrected chi connectivity index (χ3v) is 4.27. The van der Waals surface area contributed by atoms with Gasteiger partial charge in [0.15, 0.2) is 6.29 Å². The van der Waals surface area contributed by atoms with Crippen molar-refractivity contribution in [3.8, 4) is 17.2 Å². The van der Waals surface area contributed by atoms with Gasteiger partial charge in [-0.15, -0.1) is 0 Å². The summed E-state index contributed by atoms with van der Waals surface area (Å²) in [4.78, 5) is 16.0. The van der Waals surface area contributed by atoms with Crippen molar-refractivity contribution in [2.45, 2.75) is 6.61 Å². The van der Waals surface area contributed by atoms with Crippen LogP contribution in [0.2, 0.25) is 0 Å². The third kappa shape index (κ3) is 5.62. The van der Waals surface area contributed by atoms with E-state index in [1.54, 1.807) is 31.6 Å². The van der Waals surface area contributed by atoms with Crippen LogP contribution < -0.4 is 19.7 Å². The molecule has 0 amide bonds. The summed E-state index contributed by atoms with van der Waals surface area (Å²) in [5.41, 5.74) is 5.93. The summed E-state index contributed by atoms with van der Waals surface area (Å²) in [7, 11) is 3.07. The van der Waals surface area contributed by atoms with Crippen molar-refractivity contribution in [2.75, 3.05) is 14.2 Å². The number of rotatable bonds is 10. The number of hydrogen-bond acceptors (Lipinski definition) is 6. The second kappa shape index (κ2) is 10.7. The van der Waals surface area contributed by atoms with Crippen LogP contribution in [-0.4, -0.2) is 20.5 Å². The lowest BCUT2D eigenvalue weighted by molar-refractivity contribution is 0.112. The summed E-state index contributed by atoms with van der Waals surface area (Å²) in [6.45, 7) is 0.375. The lowest BCUT2D eigenvalue weighted by Crippen LogP contribution is -2.11. The quantitative estimate of drug-likeness (QED) is 0.302. The van der Waals surface area contributed by atoms with Gasteiger partial charge in [0.05, 0.1) is 19.8 Å². The first-order valence-electron chi connectivity index (χ1n) is 9.29. The van der Waals surface area contributed by atoms with Crippen molar-refractivity contribution in [3.05, 3.63) is 95.7 Å². The minimum absolute atomic E-state index is 0.375. The van der Waals surface area contributed by atoms with E-state index in [2.05, 4.69) is 5.48 Å². The van der Waals surface area contributed by atoms with Gasteiger partial charge >= 0.3 is 0 Å². The molecule has 0 spiro atoms. The van der Waals surface area contributed by atoms with Crippen molar-refractivity contribution in [1.82, 2.24) is 5.48 Å². The fraction of sp³-hybridized carbons (Fsp3) is 0.125. The summed E-state index contributed by atoms with van der Waals surface area (Å²) >= 11 is 0. The summed E-state index contributed by atoms with van der Waals surface area (Å²) in [5, 5.41) is 0. The van der Waals surface area contributed by atoms with Gasteiger partial charge in [0.1, 0.15) is 35.8 Å². The Morgan fingerprint density at radius 2 is 1.67 bits per heavy atom. The van der Waals surface area contributed by atoms with E-state index in [0.717, 1.165) is 17.4 Å². The fourth-order valence-corrected chi connectivity index (χ4v) is 2.72. The smallest absolute Gasteiger partial charge is 0.153 e. The molecule has 6 heteroatoms. The monoisotopic (exact) mass is 405 g/mol. The number of nitrogens with one attached hydrogen (secondary N) is 1. The fourth-order valence-electron chi connectivity index (χ4n) is 2.72. The highest BCUT2D eigenvalue weighted by atomic mass is 16.6. The molecule has 6 nitrogen and oxygen atoms in total. The van der Waals surface area contributed by atoms with Gasteiger partial charge in [0.25, 0.3) is 0 Å². The molecule has 3 aromatic rings. The zero-order chi connectivity index (χ0) is 21.2. The maximum absolute atomic E-state index is 11.0. The summed E-state index contributed by atoms with van der Waals surface area (Å²) in [5.74, 6) is 1.79. The minimum Gasteiger partial charge on any atom is -0.496 e. The van der Waals surface area contributed by atoms with Crippen LogP contribution in [0.15, 0.2) is 79.1 Å². The van der Waals surface area contributed by atoms with E-state index in [9.17, 15) is 4.79 Å². The number of methoxy groups -OCH3 is 1. The molecule has 0 saturated carbocycles. The van der Waals surface area contributed by atoms with E-state index >= 15 is 0 Å². The molecular weight excluding hydrogens is 382 g/mol. The minimum atomic E-state index is 0.375. The zero-order valence-corrected chi connectivity index (χ0v) is 16.8. The molecule has 0 aliphatic carbocycles. The van der Waals surface area contributed by atoms with Crippen LogP contribution in [0, 0.1) is 0 Å². The number of carbonyl (C=O) groups excluding carboxylic acids is 1. The normalized spacial score (nSPS) is 10.9. The Balaban J connectivity index is 1.61.